The van der Waals surface area contributed by atoms with Crippen LogP contribution in [0.1, 0.15) is 67.3 Å². The first kappa shape index (κ1) is 31.1. The molecular formula is C33H39N5O6S. The third kappa shape index (κ3) is 5.38. The van der Waals surface area contributed by atoms with Crippen molar-refractivity contribution >= 4 is 27.0 Å². The Morgan fingerprint density at radius 3 is 2.60 bits per heavy atom. The molecule has 0 bridgehead atoms. The number of carboxylic acid groups (broad SMARTS) is 1. The van der Waals surface area contributed by atoms with Crippen LogP contribution < -0.4 is 4.74 Å². The van der Waals surface area contributed by atoms with Gasteiger partial charge >= 0.3 is 5.97 Å². The second-order valence-corrected chi connectivity index (χ2v) is 14.6. The van der Waals surface area contributed by atoms with Gasteiger partial charge < -0.3 is 14.6 Å². The first-order valence-electron chi connectivity index (χ1n) is 15.3. The Bertz CT molecular complexity index is 1880. The van der Waals surface area contributed by atoms with E-state index in [1.807, 2.05) is 55.8 Å². The third-order valence-corrected chi connectivity index (χ3v) is 11.3. The van der Waals surface area contributed by atoms with Gasteiger partial charge in [-0.25, -0.2) is 18.1 Å². The van der Waals surface area contributed by atoms with E-state index in [9.17, 15) is 18.3 Å². The van der Waals surface area contributed by atoms with Gasteiger partial charge in [-0.2, -0.15) is 4.31 Å². The van der Waals surface area contributed by atoms with E-state index in [0.29, 0.717) is 32.6 Å². The van der Waals surface area contributed by atoms with Crippen molar-refractivity contribution in [3.05, 3.63) is 76.5 Å². The minimum Gasteiger partial charge on any atom is -0.481 e. The number of ether oxygens (including phenoxy) is 2. The molecule has 45 heavy (non-hydrogen) atoms. The van der Waals surface area contributed by atoms with Crippen molar-refractivity contribution < 1.29 is 27.8 Å². The summed E-state index contributed by atoms with van der Waals surface area (Å²) in [6, 6.07) is 12.9. The fraction of sp³-hybridized carbons (Fsp3) is 0.455. The lowest BCUT2D eigenvalue weighted by Gasteiger charge is -2.38. The van der Waals surface area contributed by atoms with Crippen LogP contribution in [0.2, 0.25) is 0 Å². The third-order valence-electron chi connectivity index (χ3n) is 9.45. The van der Waals surface area contributed by atoms with E-state index in [1.54, 1.807) is 19.9 Å². The summed E-state index contributed by atoms with van der Waals surface area (Å²) >= 11 is 0. The number of nitrogens with zero attached hydrogens (tertiary/aromatic N) is 5. The van der Waals surface area contributed by atoms with Crippen molar-refractivity contribution in [2.24, 2.45) is 5.41 Å². The number of aryl methyl sites for hydroxylation is 3. The summed E-state index contributed by atoms with van der Waals surface area (Å²) in [5.41, 5.74) is 3.82. The number of hydrogen-bond donors (Lipinski definition) is 1. The molecule has 2 aromatic heterocycles. The van der Waals surface area contributed by atoms with E-state index in [1.165, 1.54) is 16.6 Å². The van der Waals surface area contributed by atoms with Crippen molar-refractivity contribution in [2.75, 3.05) is 19.8 Å². The maximum Gasteiger partial charge on any atom is 0.310 e. The van der Waals surface area contributed by atoms with E-state index in [-0.39, 0.29) is 23.9 Å². The SMILES string of the molecule is CCn1nnc2c(C)c([C@H](c3ccc(C)c(CN4CC5(CCOCC5)Oc5ncccc5S4(=O)=O)c3)C(C)(C)C(=O)O)ccc21. The van der Waals surface area contributed by atoms with Crippen molar-refractivity contribution in [3.63, 3.8) is 0 Å². The van der Waals surface area contributed by atoms with Gasteiger partial charge in [-0.3, -0.25) is 4.79 Å². The highest BCUT2D eigenvalue weighted by atomic mass is 32.2. The molecule has 1 atom stereocenters. The van der Waals surface area contributed by atoms with Crippen LogP contribution in [0.25, 0.3) is 11.0 Å². The number of sulfonamides is 1. The number of fused-ring (bicyclic) bond motifs is 2. The molecule has 11 nitrogen and oxygen atoms in total. The topological polar surface area (TPSA) is 137 Å². The highest BCUT2D eigenvalue weighted by Crippen LogP contribution is 2.45. The minimum atomic E-state index is -3.97. The Labute approximate surface area is 263 Å². The average Bonchev–Trinajstić information content (AvgIpc) is 3.41. The molecule has 1 spiro atoms. The van der Waals surface area contributed by atoms with Crippen molar-refractivity contribution in [1.82, 2.24) is 24.3 Å². The molecular weight excluding hydrogens is 594 g/mol. The largest absolute Gasteiger partial charge is 0.481 e. The number of benzene rings is 2. The lowest BCUT2D eigenvalue weighted by atomic mass is 9.69. The van der Waals surface area contributed by atoms with Crippen LogP contribution in [-0.4, -0.2) is 69.1 Å². The van der Waals surface area contributed by atoms with Crippen LogP contribution >= 0.6 is 0 Å². The van der Waals surface area contributed by atoms with E-state index in [0.717, 1.165) is 38.9 Å². The lowest BCUT2D eigenvalue weighted by molar-refractivity contribution is -0.147. The molecule has 1 fully saturated rings. The van der Waals surface area contributed by atoms with Crippen LogP contribution in [0.3, 0.4) is 0 Å². The van der Waals surface area contributed by atoms with Crippen molar-refractivity contribution in [2.45, 2.75) is 77.0 Å². The molecule has 2 aliphatic heterocycles. The zero-order valence-corrected chi connectivity index (χ0v) is 27.1. The molecule has 0 unspecified atom stereocenters. The summed E-state index contributed by atoms with van der Waals surface area (Å²) in [5, 5.41) is 19.1. The van der Waals surface area contributed by atoms with Gasteiger partial charge in [0.15, 0.2) is 0 Å². The number of pyridine rings is 1. The monoisotopic (exact) mass is 633 g/mol. The van der Waals surface area contributed by atoms with Crippen LogP contribution in [0.4, 0.5) is 0 Å². The summed E-state index contributed by atoms with van der Waals surface area (Å²) in [6.45, 7) is 11.2. The van der Waals surface area contributed by atoms with Crippen LogP contribution in [0, 0.1) is 19.3 Å². The molecule has 0 saturated carbocycles. The van der Waals surface area contributed by atoms with Gasteiger partial charge in [-0.1, -0.05) is 29.5 Å². The number of rotatable bonds is 7. The Hall–Kier alpha value is -3.87. The molecule has 4 aromatic rings. The van der Waals surface area contributed by atoms with Crippen molar-refractivity contribution in [3.8, 4) is 5.88 Å². The maximum atomic E-state index is 14.1. The normalized spacial score (nSPS) is 18.7. The summed E-state index contributed by atoms with van der Waals surface area (Å²) in [4.78, 5) is 17.1. The smallest absolute Gasteiger partial charge is 0.310 e. The molecule has 2 aromatic carbocycles. The second-order valence-electron chi connectivity index (χ2n) is 12.7. The standard InChI is InChI=1S/C33H39N5O6S/c1-6-38-26-12-11-25(22(3)29(26)35-36-38)28(32(4,5)31(39)40)23-10-9-21(2)24(18-23)19-37-20-33(13-16-43-17-14-33)44-30-27(45(37,41)42)8-7-15-34-30/h7-12,15,18,28H,6,13-14,16-17,19-20H2,1-5H3,(H,39,40)/t28-/m0/s1. The average molecular weight is 634 g/mol. The number of hydrogen-bond acceptors (Lipinski definition) is 8. The quantitative estimate of drug-likeness (QED) is 0.303. The number of aromatic nitrogens is 4. The lowest BCUT2D eigenvalue weighted by Crippen LogP contribution is -2.50. The molecule has 238 valence electrons. The highest BCUT2D eigenvalue weighted by molar-refractivity contribution is 7.89. The van der Waals surface area contributed by atoms with Gasteiger partial charge in [-0.05, 0) is 80.6 Å². The second kappa shape index (κ2) is 11.5. The number of aliphatic carboxylic acids is 1. The Morgan fingerprint density at radius 1 is 1.13 bits per heavy atom. The molecule has 4 heterocycles. The van der Waals surface area contributed by atoms with Crippen molar-refractivity contribution in [1.29, 1.82) is 0 Å². The molecule has 2 aliphatic rings. The minimum absolute atomic E-state index is 0.0381. The Morgan fingerprint density at radius 2 is 1.89 bits per heavy atom. The molecule has 0 radical (unpaired) electrons. The van der Waals surface area contributed by atoms with Gasteiger partial charge in [-0.15, -0.1) is 5.10 Å². The first-order valence-corrected chi connectivity index (χ1v) is 16.7. The zero-order chi connectivity index (χ0) is 32.1. The maximum absolute atomic E-state index is 14.1. The predicted molar refractivity (Wildman–Crippen MR) is 168 cm³/mol. The fourth-order valence-electron chi connectivity index (χ4n) is 6.65. The summed E-state index contributed by atoms with van der Waals surface area (Å²) in [7, 11) is -3.97. The van der Waals surface area contributed by atoms with Gasteiger partial charge in [0.2, 0.25) is 15.9 Å². The van der Waals surface area contributed by atoms with Gasteiger partial charge in [0.1, 0.15) is 16.0 Å². The predicted octanol–water partition coefficient (Wildman–Crippen LogP) is 4.84. The molecule has 0 amide bonds. The van der Waals surface area contributed by atoms with Gasteiger partial charge in [0, 0.05) is 38.0 Å². The molecule has 1 saturated heterocycles. The first-order chi connectivity index (χ1) is 21.4. The molecule has 6 rings (SSSR count). The van der Waals surface area contributed by atoms with E-state index >= 15 is 0 Å². The fourth-order valence-corrected chi connectivity index (χ4v) is 8.20. The summed E-state index contributed by atoms with van der Waals surface area (Å²) < 4.78 is 43.5. The Kier molecular flexibility index (Phi) is 7.95. The Balaban J connectivity index is 1.46. The number of carbonyl (C=O) groups is 1. The number of carboxylic acids is 1. The molecule has 0 aliphatic carbocycles. The molecule has 1 N–H and O–H groups in total. The van der Waals surface area contributed by atoms with Gasteiger partial charge in [0.25, 0.3) is 0 Å². The highest BCUT2D eigenvalue weighted by Gasteiger charge is 2.46. The van der Waals surface area contributed by atoms with Crippen LogP contribution in [0.15, 0.2) is 53.6 Å². The van der Waals surface area contributed by atoms with E-state index in [2.05, 4.69) is 15.3 Å². The van der Waals surface area contributed by atoms with E-state index in [4.69, 9.17) is 9.47 Å². The molecule has 12 heteroatoms. The summed E-state index contributed by atoms with van der Waals surface area (Å²) in [6.07, 6.45) is 2.61. The summed E-state index contributed by atoms with van der Waals surface area (Å²) in [5.74, 6) is -1.38. The van der Waals surface area contributed by atoms with Crippen LogP contribution in [0.5, 0.6) is 5.88 Å². The van der Waals surface area contributed by atoms with Gasteiger partial charge in [0.05, 0.1) is 30.7 Å². The van der Waals surface area contributed by atoms with E-state index < -0.39 is 32.9 Å². The zero-order valence-electron chi connectivity index (χ0n) is 26.3. The van der Waals surface area contributed by atoms with Crippen LogP contribution in [-0.2, 0) is 32.6 Å².